The predicted molar refractivity (Wildman–Crippen MR) is 96.2 cm³/mol. The van der Waals surface area contributed by atoms with Gasteiger partial charge in [0.1, 0.15) is 0 Å². The van der Waals surface area contributed by atoms with Crippen LogP contribution in [0.4, 0.5) is 4.79 Å². The molecule has 2 aromatic rings. The number of thiophene rings is 1. The monoisotopic (exact) mass is 347 g/mol. The summed E-state index contributed by atoms with van der Waals surface area (Å²) >= 11 is 1.76. The van der Waals surface area contributed by atoms with E-state index in [9.17, 15) is 4.79 Å². The zero-order valence-electron chi connectivity index (χ0n) is 14.1. The van der Waals surface area contributed by atoms with Crippen LogP contribution >= 0.6 is 11.3 Å². The summed E-state index contributed by atoms with van der Waals surface area (Å²) in [5.74, 6) is 0. The number of urea groups is 1. The van der Waals surface area contributed by atoms with Crippen LogP contribution in [0.5, 0.6) is 0 Å². The molecule has 0 spiro atoms. The van der Waals surface area contributed by atoms with Crippen LogP contribution in [0.1, 0.15) is 29.3 Å². The van der Waals surface area contributed by atoms with Crippen LogP contribution in [0.2, 0.25) is 0 Å². The lowest BCUT2D eigenvalue weighted by Gasteiger charge is -2.26. The van der Waals surface area contributed by atoms with E-state index in [0.717, 1.165) is 25.1 Å². The molecular formula is C17H25N5OS. The topological polar surface area (TPSA) is 62.2 Å². The average molecular weight is 347 g/mol. The number of carbonyl (C=O) groups excluding carboxylic acids is 1. The molecule has 6 nitrogen and oxygen atoms in total. The first kappa shape index (κ1) is 17.0. The molecule has 1 saturated heterocycles. The quantitative estimate of drug-likeness (QED) is 0.807. The minimum Gasteiger partial charge on any atom is -0.338 e. The molecule has 1 aliphatic heterocycles. The summed E-state index contributed by atoms with van der Waals surface area (Å²) in [5, 5.41) is 12.2. The summed E-state index contributed by atoms with van der Waals surface area (Å²) < 4.78 is 1.77. The van der Waals surface area contributed by atoms with Crippen molar-refractivity contribution >= 4 is 17.4 Å². The Morgan fingerprint density at radius 2 is 2.21 bits per heavy atom. The van der Waals surface area contributed by atoms with E-state index < -0.39 is 0 Å². The molecule has 1 atom stereocenters. The zero-order valence-corrected chi connectivity index (χ0v) is 14.9. The molecule has 2 amide bonds. The number of aryl methyl sites for hydroxylation is 1. The standard InChI is InChI=1S/C17H25N5OS/c1-21-13-14(11-20-21)6-7-18-17(23)19-12-15(16-5-4-10-24-16)22-8-2-3-9-22/h4-5,10-11,13,15H,2-3,6-9,12H2,1H3,(H2,18,19,23)/t15-/m0/s1. The van der Waals surface area contributed by atoms with Crippen LogP contribution in [0, 0.1) is 0 Å². The van der Waals surface area contributed by atoms with Crippen molar-refractivity contribution in [1.82, 2.24) is 25.3 Å². The Labute approximate surface area is 146 Å². The SMILES string of the molecule is Cn1cc(CCNC(=O)NC[C@@H](c2cccs2)N2CCCC2)cn1. The van der Waals surface area contributed by atoms with Gasteiger partial charge in [0.25, 0.3) is 0 Å². The Kier molecular flexibility index (Phi) is 5.87. The fraction of sp³-hybridized carbons (Fsp3) is 0.529. The highest BCUT2D eigenvalue weighted by molar-refractivity contribution is 7.10. The molecule has 3 rings (SSSR count). The van der Waals surface area contributed by atoms with Crippen molar-refractivity contribution < 1.29 is 4.79 Å². The van der Waals surface area contributed by atoms with E-state index in [0.29, 0.717) is 13.1 Å². The van der Waals surface area contributed by atoms with Crippen molar-refractivity contribution in [1.29, 1.82) is 0 Å². The van der Waals surface area contributed by atoms with Gasteiger partial charge in [-0.2, -0.15) is 5.10 Å². The molecule has 1 fully saturated rings. The Morgan fingerprint density at radius 3 is 2.88 bits per heavy atom. The Hall–Kier alpha value is -1.86. The smallest absolute Gasteiger partial charge is 0.314 e. The summed E-state index contributed by atoms with van der Waals surface area (Å²) in [4.78, 5) is 15.9. The van der Waals surface area contributed by atoms with Crippen molar-refractivity contribution in [3.8, 4) is 0 Å². The molecule has 0 saturated carbocycles. The van der Waals surface area contributed by atoms with E-state index in [-0.39, 0.29) is 12.1 Å². The minimum absolute atomic E-state index is 0.0976. The summed E-state index contributed by atoms with van der Waals surface area (Å²) in [6.07, 6.45) is 7.10. The first-order chi connectivity index (χ1) is 11.7. The molecule has 3 heterocycles. The maximum Gasteiger partial charge on any atom is 0.314 e. The molecule has 7 heteroatoms. The van der Waals surface area contributed by atoms with Gasteiger partial charge in [-0.05, 0) is 49.4 Å². The largest absolute Gasteiger partial charge is 0.338 e. The van der Waals surface area contributed by atoms with Crippen LogP contribution in [0.15, 0.2) is 29.9 Å². The molecule has 2 aromatic heterocycles. The van der Waals surface area contributed by atoms with Crippen molar-refractivity contribution in [3.63, 3.8) is 0 Å². The molecule has 0 aliphatic carbocycles. The molecule has 0 radical (unpaired) electrons. The maximum absolute atomic E-state index is 12.1. The highest BCUT2D eigenvalue weighted by Gasteiger charge is 2.24. The summed E-state index contributed by atoms with van der Waals surface area (Å²) in [5.41, 5.74) is 1.13. The predicted octanol–water partition coefficient (Wildman–Crippen LogP) is 2.16. The Bertz CT molecular complexity index is 633. The number of hydrogen-bond acceptors (Lipinski definition) is 4. The first-order valence-electron chi connectivity index (χ1n) is 8.49. The third kappa shape index (κ3) is 4.58. The number of likely N-dealkylation sites (tertiary alicyclic amines) is 1. The van der Waals surface area contributed by atoms with Gasteiger partial charge in [-0.25, -0.2) is 4.79 Å². The molecule has 24 heavy (non-hydrogen) atoms. The fourth-order valence-corrected chi connectivity index (χ4v) is 3.98. The number of rotatable bonds is 7. The van der Waals surface area contributed by atoms with Crippen LogP contribution in [-0.2, 0) is 13.5 Å². The number of nitrogens with zero attached hydrogens (tertiary/aromatic N) is 3. The number of aromatic nitrogens is 2. The highest BCUT2D eigenvalue weighted by Crippen LogP contribution is 2.27. The minimum atomic E-state index is -0.0976. The molecular weight excluding hydrogens is 322 g/mol. The second kappa shape index (κ2) is 8.30. The maximum atomic E-state index is 12.1. The van der Waals surface area contributed by atoms with Gasteiger partial charge in [0, 0.05) is 31.2 Å². The van der Waals surface area contributed by atoms with E-state index >= 15 is 0 Å². The van der Waals surface area contributed by atoms with Gasteiger partial charge in [-0.3, -0.25) is 9.58 Å². The van der Waals surface area contributed by atoms with E-state index in [1.54, 1.807) is 16.0 Å². The fourth-order valence-electron chi connectivity index (χ4n) is 3.12. The highest BCUT2D eigenvalue weighted by atomic mass is 32.1. The molecule has 0 bridgehead atoms. The average Bonchev–Trinajstić information content (AvgIpc) is 3.30. The van der Waals surface area contributed by atoms with Crippen molar-refractivity contribution in [2.24, 2.45) is 7.05 Å². The van der Waals surface area contributed by atoms with Gasteiger partial charge in [0.15, 0.2) is 0 Å². The van der Waals surface area contributed by atoms with Crippen molar-refractivity contribution in [2.45, 2.75) is 25.3 Å². The third-order valence-electron chi connectivity index (χ3n) is 4.37. The van der Waals surface area contributed by atoms with Crippen LogP contribution in [0.3, 0.4) is 0 Å². The number of carbonyl (C=O) groups is 1. The van der Waals surface area contributed by atoms with Gasteiger partial charge in [0.05, 0.1) is 12.2 Å². The van der Waals surface area contributed by atoms with E-state index in [4.69, 9.17) is 0 Å². The Balaban J connectivity index is 1.44. The Morgan fingerprint density at radius 1 is 1.38 bits per heavy atom. The number of nitrogens with one attached hydrogen (secondary N) is 2. The molecule has 0 unspecified atom stereocenters. The molecule has 0 aromatic carbocycles. The van der Waals surface area contributed by atoms with Gasteiger partial charge in [0.2, 0.25) is 0 Å². The van der Waals surface area contributed by atoms with E-state index in [1.165, 1.54) is 17.7 Å². The van der Waals surface area contributed by atoms with Crippen molar-refractivity contribution in [3.05, 3.63) is 40.3 Å². The van der Waals surface area contributed by atoms with E-state index in [2.05, 4.69) is 38.1 Å². The lowest BCUT2D eigenvalue weighted by Crippen LogP contribution is -2.41. The van der Waals surface area contributed by atoms with Crippen LogP contribution in [-0.4, -0.2) is 46.9 Å². The first-order valence-corrected chi connectivity index (χ1v) is 9.37. The van der Waals surface area contributed by atoms with Gasteiger partial charge < -0.3 is 10.6 Å². The normalized spacial score (nSPS) is 16.2. The summed E-state index contributed by atoms with van der Waals surface area (Å²) in [6, 6.07) is 4.43. The molecule has 130 valence electrons. The molecule has 2 N–H and O–H groups in total. The number of hydrogen-bond donors (Lipinski definition) is 2. The zero-order chi connectivity index (χ0) is 16.8. The van der Waals surface area contributed by atoms with Gasteiger partial charge in [-0.1, -0.05) is 6.07 Å². The summed E-state index contributed by atoms with van der Waals surface area (Å²) in [7, 11) is 1.90. The van der Waals surface area contributed by atoms with E-state index in [1.807, 2.05) is 19.4 Å². The van der Waals surface area contributed by atoms with Crippen molar-refractivity contribution in [2.75, 3.05) is 26.2 Å². The van der Waals surface area contributed by atoms with Gasteiger partial charge >= 0.3 is 6.03 Å². The lowest BCUT2D eigenvalue weighted by atomic mass is 10.2. The summed E-state index contributed by atoms with van der Waals surface area (Å²) in [6.45, 7) is 3.50. The number of amides is 2. The van der Waals surface area contributed by atoms with Gasteiger partial charge in [-0.15, -0.1) is 11.3 Å². The molecule has 1 aliphatic rings. The lowest BCUT2D eigenvalue weighted by molar-refractivity contribution is 0.222. The second-order valence-electron chi connectivity index (χ2n) is 6.18. The van der Waals surface area contributed by atoms with Crippen LogP contribution in [0.25, 0.3) is 0 Å². The third-order valence-corrected chi connectivity index (χ3v) is 5.34. The van der Waals surface area contributed by atoms with Crippen LogP contribution < -0.4 is 10.6 Å². The second-order valence-corrected chi connectivity index (χ2v) is 7.16.